The molecule has 1 aliphatic rings. The second-order valence-electron chi connectivity index (χ2n) is 6.15. The Morgan fingerprint density at radius 2 is 1.88 bits per heavy atom. The number of nitrogens with zero attached hydrogens (tertiary/aromatic N) is 1. The predicted molar refractivity (Wildman–Crippen MR) is 87.6 cm³/mol. The summed E-state index contributed by atoms with van der Waals surface area (Å²) in [5.74, 6) is -0.613. The van der Waals surface area contributed by atoms with Gasteiger partial charge in [0.05, 0.1) is 12.1 Å². The van der Waals surface area contributed by atoms with E-state index in [0.29, 0.717) is 13.0 Å². The molecule has 2 rings (SSSR count). The number of nitrogens with one attached hydrogen (secondary N) is 1. The lowest BCUT2D eigenvalue weighted by molar-refractivity contribution is -0.137. The van der Waals surface area contributed by atoms with Gasteiger partial charge in [0.15, 0.2) is 0 Å². The Bertz CT molecular complexity index is 632. The largest absolute Gasteiger partial charge is 0.416 e. The molecule has 1 aromatic rings. The highest BCUT2D eigenvalue weighted by Crippen LogP contribution is 2.32. The van der Waals surface area contributed by atoms with Gasteiger partial charge >= 0.3 is 6.18 Å². The lowest BCUT2D eigenvalue weighted by Gasteiger charge is -2.24. The Morgan fingerprint density at radius 1 is 1.16 bits per heavy atom. The van der Waals surface area contributed by atoms with Crippen molar-refractivity contribution in [1.29, 1.82) is 0 Å². The highest BCUT2D eigenvalue weighted by molar-refractivity contribution is 5.94. The van der Waals surface area contributed by atoms with Gasteiger partial charge < -0.3 is 16.0 Å². The van der Waals surface area contributed by atoms with E-state index < -0.39 is 17.6 Å². The van der Waals surface area contributed by atoms with Crippen LogP contribution in [0.2, 0.25) is 0 Å². The molecule has 2 amide bonds. The Labute approximate surface area is 144 Å². The highest BCUT2D eigenvalue weighted by Gasteiger charge is 2.31. The molecule has 1 saturated heterocycles. The minimum absolute atomic E-state index is 0.0276. The summed E-state index contributed by atoms with van der Waals surface area (Å²) in [5.41, 5.74) is 4.86. The monoisotopic (exact) mass is 357 g/mol. The van der Waals surface area contributed by atoms with E-state index >= 15 is 0 Å². The van der Waals surface area contributed by atoms with Crippen LogP contribution in [0.3, 0.4) is 0 Å². The number of benzene rings is 1. The van der Waals surface area contributed by atoms with Crippen molar-refractivity contribution in [2.24, 2.45) is 5.73 Å². The fourth-order valence-electron chi connectivity index (χ4n) is 2.80. The third-order valence-corrected chi connectivity index (χ3v) is 4.10. The molecule has 0 aromatic heterocycles. The van der Waals surface area contributed by atoms with E-state index in [9.17, 15) is 22.8 Å². The maximum atomic E-state index is 12.9. The molecule has 0 radical (unpaired) electrons. The molecule has 1 aliphatic heterocycles. The number of anilines is 1. The van der Waals surface area contributed by atoms with Crippen molar-refractivity contribution in [3.63, 3.8) is 0 Å². The summed E-state index contributed by atoms with van der Waals surface area (Å²) in [6.07, 6.45) is -0.515. The zero-order chi connectivity index (χ0) is 18.4. The zero-order valence-corrected chi connectivity index (χ0v) is 13.9. The number of likely N-dealkylation sites (tertiary alicyclic amines) is 1. The number of carbonyl (C=O) groups is 2. The highest BCUT2D eigenvalue weighted by atomic mass is 19.4. The van der Waals surface area contributed by atoms with Crippen LogP contribution in [0.15, 0.2) is 18.2 Å². The number of nitrogens with two attached hydrogens (primary N) is 1. The molecule has 0 bridgehead atoms. The van der Waals surface area contributed by atoms with Gasteiger partial charge in [-0.05, 0) is 36.6 Å². The Kier molecular flexibility index (Phi) is 6.41. The van der Waals surface area contributed by atoms with Crippen LogP contribution in [-0.2, 0) is 22.3 Å². The standard InChI is InChI=1S/C17H22F3N3O2/c18-17(19,20)13-7-12(10-21)8-14(9-13)22-15(24)11-23-6-4-2-1-3-5-16(23)25/h7-9H,1-6,10-11,21H2,(H,22,24). The molecule has 0 spiro atoms. The van der Waals surface area contributed by atoms with Crippen molar-refractivity contribution >= 4 is 17.5 Å². The number of amides is 2. The molecule has 0 saturated carbocycles. The number of alkyl halides is 3. The first-order valence-corrected chi connectivity index (χ1v) is 8.28. The predicted octanol–water partition coefficient (Wildman–Crippen LogP) is 2.90. The fourth-order valence-corrected chi connectivity index (χ4v) is 2.80. The van der Waals surface area contributed by atoms with E-state index in [1.807, 2.05) is 0 Å². The van der Waals surface area contributed by atoms with E-state index in [2.05, 4.69) is 5.32 Å². The molecular formula is C17H22F3N3O2. The van der Waals surface area contributed by atoms with Crippen molar-refractivity contribution in [3.05, 3.63) is 29.3 Å². The average molecular weight is 357 g/mol. The number of rotatable bonds is 4. The maximum absolute atomic E-state index is 12.9. The Morgan fingerprint density at radius 3 is 2.56 bits per heavy atom. The summed E-state index contributed by atoms with van der Waals surface area (Å²) in [4.78, 5) is 25.7. The van der Waals surface area contributed by atoms with Crippen LogP contribution in [0.25, 0.3) is 0 Å². The van der Waals surface area contributed by atoms with Gasteiger partial charge in [-0.1, -0.05) is 12.8 Å². The van der Waals surface area contributed by atoms with Crippen molar-refractivity contribution in [1.82, 2.24) is 4.90 Å². The summed E-state index contributed by atoms with van der Waals surface area (Å²) >= 11 is 0. The molecular weight excluding hydrogens is 335 g/mol. The minimum Gasteiger partial charge on any atom is -0.333 e. The van der Waals surface area contributed by atoms with Crippen LogP contribution in [-0.4, -0.2) is 29.8 Å². The van der Waals surface area contributed by atoms with Crippen LogP contribution in [0.4, 0.5) is 18.9 Å². The molecule has 138 valence electrons. The number of hydrogen-bond acceptors (Lipinski definition) is 3. The van der Waals surface area contributed by atoms with Gasteiger partial charge in [0.25, 0.3) is 0 Å². The fraction of sp³-hybridized carbons (Fsp3) is 0.529. The lowest BCUT2D eigenvalue weighted by Crippen LogP contribution is -2.39. The van der Waals surface area contributed by atoms with Crippen LogP contribution >= 0.6 is 0 Å². The van der Waals surface area contributed by atoms with Gasteiger partial charge in [0, 0.05) is 25.2 Å². The van der Waals surface area contributed by atoms with Crippen LogP contribution in [0.5, 0.6) is 0 Å². The van der Waals surface area contributed by atoms with E-state index in [1.165, 1.54) is 11.0 Å². The normalized spacial score (nSPS) is 16.3. The molecule has 0 aliphatic carbocycles. The summed E-state index contributed by atoms with van der Waals surface area (Å²) < 4.78 is 38.8. The van der Waals surface area contributed by atoms with Crippen LogP contribution < -0.4 is 11.1 Å². The third kappa shape index (κ3) is 5.74. The smallest absolute Gasteiger partial charge is 0.333 e. The van der Waals surface area contributed by atoms with Crippen molar-refractivity contribution in [2.45, 2.75) is 44.8 Å². The zero-order valence-electron chi connectivity index (χ0n) is 13.9. The Hall–Kier alpha value is -2.09. The van der Waals surface area contributed by atoms with Gasteiger partial charge in [-0.2, -0.15) is 13.2 Å². The third-order valence-electron chi connectivity index (χ3n) is 4.10. The first-order chi connectivity index (χ1) is 11.8. The molecule has 8 heteroatoms. The van der Waals surface area contributed by atoms with E-state index in [1.54, 1.807) is 0 Å². The quantitative estimate of drug-likeness (QED) is 0.870. The lowest BCUT2D eigenvalue weighted by atomic mass is 10.1. The van der Waals surface area contributed by atoms with Gasteiger partial charge in [-0.3, -0.25) is 9.59 Å². The molecule has 0 unspecified atom stereocenters. The SMILES string of the molecule is NCc1cc(NC(=O)CN2CCCCCCC2=O)cc(C(F)(F)F)c1. The van der Waals surface area contributed by atoms with E-state index in [4.69, 9.17) is 5.73 Å². The Balaban J connectivity index is 2.07. The van der Waals surface area contributed by atoms with Crippen molar-refractivity contribution < 1.29 is 22.8 Å². The molecule has 1 heterocycles. The van der Waals surface area contributed by atoms with Crippen LogP contribution in [0, 0.1) is 0 Å². The van der Waals surface area contributed by atoms with E-state index in [-0.39, 0.29) is 30.2 Å². The minimum atomic E-state index is -4.52. The summed E-state index contributed by atoms with van der Waals surface area (Å²) in [5, 5.41) is 2.44. The maximum Gasteiger partial charge on any atom is 0.416 e. The molecule has 1 fully saturated rings. The second-order valence-corrected chi connectivity index (χ2v) is 6.15. The number of carbonyl (C=O) groups excluding carboxylic acids is 2. The molecule has 25 heavy (non-hydrogen) atoms. The van der Waals surface area contributed by atoms with Gasteiger partial charge in [-0.15, -0.1) is 0 Å². The molecule has 3 N–H and O–H groups in total. The second kappa shape index (κ2) is 8.33. The van der Waals surface area contributed by atoms with Crippen LogP contribution in [0.1, 0.15) is 43.2 Å². The molecule has 0 atom stereocenters. The topological polar surface area (TPSA) is 75.4 Å². The summed E-state index contributed by atoms with van der Waals surface area (Å²) in [6.45, 7) is 0.257. The first-order valence-electron chi connectivity index (χ1n) is 8.28. The van der Waals surface area contributed by atoms with Gasteiger partial charge in [-0.25, -0.2) is 0 Å². The van der Waals surface area contributed by atoms with Gasteiger partial charge in [0.1, 0.15) is 0 Å². The molecule has 1 aromatic carbocycles. The van der Waals surface area contributed by atoms with Crippen molar-refractivity contribution in [3.8, 4) is 0 Å². The van der Waals surface area contributed by atoms with E-state index in [0.717, 1.165) is 37.8 Å². The number of hydrogen-bond donors (Lipinski definition) is 2. The van der Waals surface area contributed by atoms with Gasteiger partial charge in [0.2, 0.25) is 11.8 Å². The summed E-state index contributed by atoms with van der Waals surface area (Å²) in [6, 6.07) is 3.23. The molecule has 5 nitrogen and oxygen atoms in total. The first kappa shape index (κ1) is 19.2. The van der Waals surface area contributed by atoms with Crippen molar-refractivity contribution in [2.75, 3.05) is 18.4 Å². The average Bonchev–Trinajstić information content (AvgIpc) is 2.53. The number of halogens is 3. The summed E-state index contributed by atoms with van der Waals surface area (Å²) in [7, 11) is 0.